The maximum absolute atomic E-state index is 3.63. The Labute approximate surface area is 100 Å². The summed E-state index contributed by atoms with van der Waals surface area (Å²) >= 11 is 0. The third kappa shape index (κ3) is 3.64. The Bertz CT molecular complexity index is 262. The molecule has 0 aliphatic carbocycles. The molecule has 0 aliphatic rings. The van der Waals surface area contributed by atoms with E-state index in [-0.39, 0.29) is 0 Å². The van der Waals surface area contributed by atoms with Crippen molar-refractivity contribution in [3.05, 3.63) is 35.9 Å². The molecule has 0 saturated heterocycles. The highest BCUT2D eigenvalue weighted by atomic mass is 14.9. The number of rotatable bonds is 7. The van der Waals surface area contributed by atoms with Gasteiger partial charge in [-0.05, 0) is 30.9 Å². The fraction of sp³-hybridized carbons (Fsp3) is 0.600. The second-order valence-electron chi connectivity index (χ2n) is 4.38. The van der Waals surface area contributed by atoms with Crippen LogP contribution in [-0.4, -0.2) is 12.6 Å². The molecule has 0 radical (unpaired) electrons. The number of hydrogen-bond acceptors (Lipinski definition) is 1. The Morgan fingerprint density at radius 2 is 1.75 bits per heavy atom. The summed E-state index contributed by atoms with van der Waals surface area (Å²) in [6.45, 7) is 7.81. The Balaban J connectivity index is 2.77. The molecule has 0 heterocycles. The largest absolute Gasteiger partial charge is 0.314 e. The molecule has 0 bridgehead atoms. The molecule has 1 nitrogen and oxygen atoms in total. The van der Waals surface area contributed by atoms with Crippen LogP contribution in [0.25, 0.3) is 0 Å². The predicted molar refractivity (Wildman–Crippen MR) is 71.8 cm³/mol. The van der Waals surface area contributed by atoms with Gasteiger partial charge in [-0.1, -0.05) is 57.5 Å². The monoisotopic (exact) mass is 219 g/mol. The van der Waals surface area contributed by atoms with Gasteiger partial charge >= 0.3 is 0 Å². The Kier molecular flexibility index (Phi) is 6.17. The summed E-state index contributed by atoms with van der Waals surface area (Å²) in [5, 5.41) is 3.63. The van der Waals surface area contributed by atoms with E-state index in [9.17, 15) is 0 Å². The molecular weight excluding hydrogens is 194 g/mol. The lowest BCUT2D eigenvalue weighted by molar-refractivity contribution is 0.404. The van der Waals surface area contributed by atoms with Gasteiger partial charge in [-0.25, -0.2) is 0 Å². The second-order valence-corrected chi connectivity index (χ2v) is 4.38. The molecule has 2 unspecified atom stereocenters. The van der Waals surface area contributed by atoms with Crippen LogP contribution in [0.1, 0.15) is 51.5 Å². The van der Waals surface area contributed by atoms with Crippen molar-refractivity contribution in [3.8, 4) is 0 Å². The van der Waals surface area contributed by atoms with Crippen LogP contribution in [0.3, 0.4) is 0 Å². The van der Waals surface area contributed by atoms with Gasteiger partial charge in [-0.15, -0.1) is 0 Å². The lowest BCUT2D eigenvalue weighted by atomic mass is 9.87. The molecular formula is C15H25N. The molecule has 0 aliphatic heterocycles. The molecule has 0 spiro atoms. The van der Waals surface area contributed by atoms with E-state index >= 15 is 0 Å². The van der Waals surface area contributed by atoms with E-state index in [1.165, 1.54) is 24.8 Å². The van der Waals surface area contributed by atoms with E-state index in [1.807, 2.05) is 0 Å². The van der Waals surface area contributed by atoms with Crippen molar-refractivity contribution in [2.75, 3.05) is 6.54 Å². The van der Waals surface area contributed by atoms with Crippen LogP contribution in [0, 0.1) is 0 Å². The summed E-state index contributed by atoms with van der Waals surface area (Å²) in [7, 11) is 0. The fourth-order valence-electron chi connectivity index (χ4n) is 2.47. The minimum Gasteiger partial charge on any atom is -0.314 e. The average molecular weight is 219 g/mol. The maximum Gasteiger partial charge on any atom is 0.0135 e. The van der Waals surface area contributed by atoms with Gasteiger partial charge in [0, 0.05) is 6.04 Å². The van der Waals surface area contributed by atoms with Crippen molar-refractivity contribution >= 4 is 0 Å². The summed E-state index contributed by atoms with van der Waals surface area (Å²) in [6, 6.07) is 11.5. The van der Waals surface area contributed by atoms with Crippen LogP contribution >= 0.6 is 0 Å². The van der Waals surface area contributed by atoms with Crippen molar-refractivity contribution in [2.45, 2.75) is 52.0 Å². The van der Waals surface area contributed by atoms with Gasteiger partial charge in [-0.3, -0.25) is 0 Å². The van der Waals surface area contributed by atoms with E-state index in [0.717, 1.165) is 6.54 Å². The zero-order chi connectivity index (χ0) is 11.8. The Hall–Kier alpha value is -0.820. The van der Waals surface area contributed by atoms with E-state index in [1.54, 1.807) is 0 Å². The van der Waals surface area contributed by atoms with Gasteiger partial charge in [0.15, 0.2) is 0 Å². The van der Waals surface area contributed by atoms with Crippen LogP contribution in [-0.2, 0) is 0 Å². The minimum absolute atomic E-state index is 0.627. The van der Waals surface area contributed by atoms with Crippen molar-refractivity contribution in [1.82, 2.24) is 5.32 Å². The molecule has 0 saturated carbocycles. The summed E-state index contributed by atoms with van der Waals surface area (Å²) in [5.74, 6) is 0.654. The molecule has 1 N–H and O–H groups in total. The van der Waals surface area contributed by atoms with E-state index in [0.29, 0.717) is 12.0 Å². The standard InChI is InChI=1S/C15H25N/c1-4-10-15(16-6-3)14(5-2)13-11-8-7-9-12-13/h7-9,11-12,14-16H,4-6,10H2,1-3H3. The van der Waals surface area contributed by atoms with Crippen LogP contribution < -0.4 is 5.32 Å². The lowest BCUT2D eigenvalue weighted by Gasteiger charge is -2.27. The lowest BCUT2D eigenvalue weighted by Crippen LogP contribution is -2.34. The zero-order valence-electron chi connectivity index (χ0n) is 10.9. The second kappa shape index (κ2) is 7.45. The quantitative estimate of drug-likeness (QED) is 0.732. The van der Waals surface area contributed by atoms with Gasteiger partial charge in [0.2, 0.25) is 0 Å². The molecule has 1 aromatic rings. The first-order valence-corrected chi connectivity index (χ1v) is 6.61. The topological polar surface area (TPSA) is 12.0 Å². The van der Waals surface area contributed by atoms with E-state index in [2.05, 4.69) is 56.4 Å². The first-order chi connectivity index (χ1) is 7.83. The van der Waals surface area contributed by atoms with Crippen molar-refractivity contribution in [3.63, 3.8) is 0 Å². The van der Waals surface area contributed by atoms with Crippen molar-refractivity contribution in [2.24, 2.45) is 0 Å². The van der Waals surface area contributed by atoms with Gasteiger partial charge < -0.3 is 5.32 Å². The Morgan fingerprint density at radius 3 is 2.25 bits per heavy atom. The normalized spacial score (nSPS) is 14.7. The SMILES string of the molecule is CCCC(NCC)C(CC)c1ccccc1. The van der Waals surface area contributed by atoms with Crippen LogP contribution in [0.15, 0.2) is 30.3 Å². The molecule has 0 aromatic heterocycles. The summed E-state index contributed by atoms with van der Waals surface area (Å²) in [6.07, 6.45) is 3.73. The number of nitrogens with one attached hydrogen (secondary N) is 1. The molecule has 90 valence electrons. The highest BCUT2D eigenvalue weighted by molar-refractivity contribution is 5.21. The molecule has 1 rings (SSSR count). The van der Waals surface area contributed by atoms with Crippen LogP contribution in [0.4, 0.5) is 0 Å². The van der Waals surface area contributed by atoms with Gasteiger partial charge in [0.1, 0.15) is 0 Å². The van der Waals surface area contributed by atoms with Gasteiger partial charge in [0.25, 0.3) is 0 Å². The molecule has 16 heavy (non-hydrogen) atoms. The summed E-state index contributed by atoms with van der Waals surface area (Å²) in [4.78, 5) is 0. The molecule has 0 amide bonds. The zero-order valence-corrected chi connectivity index (χ0v) is 10.9. The maximum atomic E-state index is 3.63. The number of hydrogen-bond donors (Lipinski definition) is 1. The Morgan fingerprint density at radius 1 is 1.06 bits per heavy atom. The van der Waals surface area contributed by atoms with Crippen LogP contribution in [0.5, 0.6) is 0 Å². The van der Waals surface area contributed by atoms with Crippen LogP contribution in [0.2, 0.25) is 0 Å². The van der Waals surface area contributed by atoms with Gasteiger partial charge in [-0.2, -0.15) is 0 Å². The van der Waals surface area contributed by atoms with E-state index < -0.39 is 0 Å². The summed E-state index contributed by atoms with van der Waals surface area (Å²) in [5.41, 5.74) is 1.48. The molecule has 1 heteroatoms. The first-order valence-electron chi connectivity index (χ1n) is 6.61. The van der Waals surface area contributed by atoms with Gasteiger partial charge in [0.05, 0.1) is 0 Å². The average Bonchev–Trinajstić information content (AvgIpc) is 2.32. The molecule has 1 aromatic carbocycles. The molecule has 0 fully saturated rings. The smallest absolute Gasteiger partial charge is 0.0135 e. The van der Waals surface area contributed by atoms with Crippen molar-refractivity contribution < 1.29 is 0 Å². The third-order valence-electron chi connectivity index (χ3n) is 3.22. The fourth-order valence-corrected chi connectivity index (χ4v) is 2.47. The highest BCUT2D eigenvalue weighted by Crippen LogP contribution is 2.25. The summed E-state index contributed by atoms with van der Waals surface area (Å²) < 4.78 is 0. The molecule has 2 atom stereocenters. The number of benzene rings is 1. The first kappa shape index (κ1) is 13.2. The van der Waals surface area contributed by atoms with Crippen molar-refractivity contribution in [1.29, 1.82) is 0 Å². The highest BCUT2D eigenvalue weighted by Gasteiger charge is 2.19. The minimum atomic E-state index is 0.627. The predicted octanol–water partition coefficient (Wildman–Crippen LogP) is 3.96. The number of likely N-dealkylation sites (N-methyl/N-ethyl adjacent to an activating group) is 1. The van der Waals surface area contributed by atoms with E-state index in [4.69, 9.17) is 0 Å². The third-order valence-corrected chi connectivity index (χ3v) is 3.22.